The molecule has 0 heterocycles. The fourth-order valence-electron chi connectivity index (χ4n) is 1.16. The summed E-state index contributed by atoms with van der Waals surface area (Å²) in [6.07, 6.45) is 3.02. The van der Waals surface area contributed by atoms with Crippen molar-refractivity contribution in [2.24, 2.45) is 0 Å². The normalized spacial score (nSPS) is 11.5. The predicted molar refractivity (Wildman–Crippen MR) is 74.1 cm³/mol. The molecule has 0 saturated heterocycles. The lowest BCUT2D eigenvalue weighted by Crippen LogP contribution is -2.47. The van der Waals surface area contributed by atoms with Gasteiger partial charge in [0.2, 0.25) is 12.2 Å². The Hall–Kier alpha value is -3.40. The van der Waals surface area contributed by atoms with Crippen molar-refractivity contribution in [3.05, 3.63) is 0 Å². The van der Waals surface area contributed by atoms with Crippen molar-refractivity contribution in [1.82, 2.24) is 0 Å². The maximum Gasteiger partial charge on any atom is 0.509 e. The van der Waals surface area contributed by atoms with E-state index in [9.17, 15) is 19.2 Å². The molecule has 0 rings (SSSR count). The molecule has 0 fully saturated rings. The summed E-state index contributed by atoms with van der Waals surface area (Å²) in [7, 11) is 1.89. The van der Waals surface area contributed by atoms with E-state index in [-0.39, 0.29) is 0 Å². The highest BCUT2D eigenvalue weighted by atomic mass is 16.8. The van der Waals surface area contributed by atoms with Crippen LogP contribution in [0.15, 0.2) is 0 Å². The van der Waals surface area contributed by atoms with Crippen LogP contribution < -0.4 is 0 Å². The Balaban J connectivity index is 5.49. The third-order valence-electron chi connectivity index (χ3n) is 2.11. The highest BCUT2D eigenvalue weighted by Crippen LogP contribution is 2.12. The third-order valence-corrected chi connectivity index (χ3v) is 2.11. The Morgan fingerprint density at radius 1 is 0.792 bits per heavy atom. The fourth-order valence-corrected chi connectivity index (χ4v) is 1.16. The van der Waals surface area contributed by atoms with Crippen LogP contribution >= 0.6 is 0 Å². The molecular formula is C14H14O10. The number of carbonyl (C=O) groups is 4. The predicted octanol–water partition coefficient (Wildman–Crippen LogP) is -0.358. The van der Waals surface area contributed by atoms with Gasteiger partial charge >= 0.3 is 24.2 Å². The maximum absolute atomic E-state index is 11.9. The number of rotatable bonds is 7. The summed E-state index contributed by atoms with van der Waals surface area (Å²) in [5, 5.41) is 0. The van der Waals surface area contributed by atoms with E-state index in [1.807, 2.05) is 11.8 Å². The van der Waals surface area contributed by atoms with Crippen LogP contribution in [0.5, 0.6) is 0 Å². The molecule has 130 valence electrons. The summed E-state index contributed by atoms with van der Waals surface area (Å²) >= 11 is 0. The third kappa shape index (κ3) is 7.04. The first-order valence-corrected chi connectivity index (χ1v) is 6.10. The summed E-state index contributed by atoms with van der Waals surface area (Å²) in [5.74, 6) is 1.40. The van der Waals surface area contributed by atoms with Gasteiger partial charge in [-0.3, -0.25) is 0 Å². The summed E-state index contributed by atoms with van der Waals surface area (Å²) in [6, 6.07) is 0. The van der Waals surface area contributed by atoms with E-state index in [1.54, 1.807) is 0 Å². The molecule has 0 amide bonds. The molecule has 2 atom stereocenters. The van der Waals surface area contributed by atoms with Gasteiger partial charge in [-0.05, 0) is 0 Å². The Labute approximate surface area is 137 Å². The lowest BCUT2D eigenvalue weighted by Gasteiger charge is -2.22. The summed E-state index contributed by atoms with van der Waals surface area (Å²) in [4.78, 5) is 46.3. The molecule has 0 saturated carbocycles. The van der Waals surface area contributed by atoms with E-state index in [0.717, 1.165) is 14.2 Å². The summed E-state index contributed by atoms with van der Waals surface area (Å²) in [6.45, 7) is -0.992. The zero-order valence-corrected chi connectivity index (χ0v) is 12.8. The molecular weight excluding hydrogens is 328 g/mol. The van der Waals surface area contributed by atoms with Crippen LogP contribution in [0.1, 0.15) is 0 Å². The van der Waals surface area contributed by atoms with Gasteiger partial charge in [-0.2, -0.15) is 0 Å². The molecule has 0 aliphatic heterocycles. The van der Waals surface area contributed by atoms with Gasteiger partial charge in [0, 0.05) is 0 Å². The number of hydrogen-bond acceptors (Lipinski definition) is 10. The van der Waals surface area contributed by atoms with Crippen LogP contribution in [0.4, 0.5) is 9.59 Å². The molecule has 0 aliphatic rings. The molecule has 0 N–H and O–H groups in total. The molecule has 10 heteroatoms. The van der Waals surface area contributed by atoms with E-state index in [2.05, 4.69) is 28.4 Å². The smallest absolute Gasteiger partial charge is 0.450 e. The number of esters is 2. The van der Waals surface area contributed by atoms with Gasteiger partial charge in [-0.1, -0.05) is 11.8 Å². The molecule has 0 spiro atoms. The number of terminal acetylenes is 2. The van der Waals surface area contributed by atoms with Crippen LogP contribution in [-0.2, 0) is 38.0 Å². The molecule has 10 nitrogen and oxygen atoms in total. The van der Waals surface area contributed by atoms with Crippen molar-refractivity contribution in [2.75, 3.05) is 27.4 Å². The highest BCUT2D eigenvalue weighted by Gasteiger charge is 2.43. The van der Waals surface area contributed by atoms with Crippen molar-refractivity contribution in [3.8, 4) is 24.7 Å². The van der Waals surface area contributed by atoms with Gasteiger partial charge in [-0.15, -0.1) is 12.8 Å². The Morgan fingerprint density at radius 2 is 1.12 bits per heavy atom. The molecule has 2 unspecified atom stereocenters. The first-order chi connectivity index (χ1) is 11.4. The van der Waals surface area contributed by atoms with Gasteiger partial charge in [0.15, 0.2) is 13.2 Å². The van der Waals surface area contributed by atoms with Crippen LogP contribution in [0.3, 0.4) is 0 Å². The fraction of sp³-hybridized carbons (Fsp3) is 0.429. The highest BCUT2D eigenvalue weighted by molar-refractivity contribution is 5.88. The number of hydrogen-bond donors (Lipinski definition) is 0. The standard InChI is InChI=1S/C14H14O10/c1-5-7-21-11(15)9(23-13(17)19-3)10(24-14(18)20-4)12(16)22-8-6-2/h1-2,9-10H,7-8H2,3-4H3. The number of methoxy groups -OCH3 is 2. The maximum atomic E-state index is 11.9. The SMILES string of the molecule is C#CCOC(=O)C(OC(=O)OC)C(OC(=O)OC)C(=O)OCC#C. The molecule has 0 bridgehead atoms. The minimum atomic E-state index is -2.06. The second-order valence-corrected chi connectivity index (χ2v) is 3.61. The average molecular weight is 342 g/mol. The molecule has 0 aliphatic carbocycles. The van der Waals surface area contributed by atoms with Gasteiger partial charge in [0.1, 0.15) is 0 Å². The number of ether oxygens (including phenoxy) is 6. The monoisotopic (exact) mass is 342 g/mol. The van der Waals surface area contributed by atoms with Gasteiger partial charge < -0.3 is 28.4 Å². The minimum Gasteiger partial charge on any atom is -0.450 e. The second kappa shape index (κ2) is 11.2. The van der Waals surface area contributed by atoms with Crippen molar-refractivity contribution in [3.63, 3.8) is 0 Å². The molecule has 0 aromatic carbocycles. The zero-order valence-electron chi connectivity index (χ0n) is 12.8. The zero-order chi connectivity index (χ0) is 18.5. The summed E-state index contributed by atoms with van der Waals surface area (Å²) < 4.78 is 26.7. The lowest BCUT2D eigenvalue weighted by atomic mass is 10.2. The van der Waals surface area contributed by atoms with E-state index in [0.29, 0.717) is 0 Å². The lowest BCUT2D eigenvalue weighted by molar-refractivity contribution is -0.174. The van der Waals surface area contributed by atoms with Crippen molar-refractivity contribution in [2.45, 2.75) is 12.2 Å². The number of carbonyl (C=O) groups excluding carboxylic acids is 4. The van der Waals surface area contributed by atoms with E-state index in [1.165, 1.54) is 0 Å². The van der Waals surface area contributed by atoms with E-state index >= 15 is 0 Å². The van der Waals surface area contributed by atoms with Crippen LogP contribution in [0.25, 0.3) is 0 Å². The molecule has 0 aromatic heterocycles. The molecule has 0 aromatic rings. The van der Waals surface area contributed by atoms with Crippen LogP contribution in [0.2, 0.25) is 0 Å². The van der Waals surface area contributed by atoms with E-state index < -0.39 is 49.7 Å². The van der Waals surface area contributed by atoms with Gasteiger partial charge in [0.25, 0.3) is 0 Å². The topological polar surface area (TPSA) is 124 Å². The molecule has 0 radical (unpaired) electrons. The Morgan fingerprint density at radius 3 is 1.38 bits per heavy atom. The molecule has 24 heavy (non-hydrogen) atoms. The van der Waals surface area contributed by atoms with Crippen molar-refractivity contribution in [1.29, 1.82) is 0 Å². The van der Waals surface area contributed by atoms with Crippen molar-refractivity contribution < 1.29 is 47.6 Å². The van der Waals surface area contributed by atoms with Gasteiger partial charge in [-0.25, -0.2) is 19.2 Å². The second-order valence-electron chi connectivity index (χ2n) is 3.61. The Kier molecular flexibility index (Phi) is 9.62. The van der Waals surface area contributed by atoms with E-state index in [4.69, 9.17) is 12.8 Å². The first kappa shape index (κ1) is 20.6. The average Bonchev–Trinajstić information content (AvgIpc) is 2.59. The largest absolute Gasteiger partial charge is 0.509 e. The van der Waals surface area contributed by atoms with Crippen LogP contribution in [0, 0.1) is 24.7 Å². The summed E-state index contributed by atoms with van der Waals surface area (Å²) in [5.41, 5.74) is 0. The van der Waals surface area contributed by atoms with Gasteiger partial charge in [0.05, 0.1) is 14.2 Å². The van der Waals surface area contributed by atoms with Crippen LogP contribution in [-0.4, -0.2) is 63.9 Å². The van der Waals surface area contributed by atoms with Crippen molar-refractivity contribution >= 4 is 24.2 Å². The first-order valence-electron chi connectivity index (χ1n) is 6.10. The minimum absolute atomic E-state index is 0.496. The Bertz CT molecular complexity index is 503. The quantitative estimate of drug-likeness (QED) is 0.344.